The quantitative estimate of drug-likeness (QED) is 0.166. The molecular weight excluding hydrogens is 546 g/mol. The van der Waals surface area contributed by atoms with Crippen LogP contribution in [-0.4, -0.2) is 29.5 Å². The van der Waals surface area contributed by atoms with E-state index in [1.807, 2.05) is 84.9 Å². The summed E-state index contributed by atoms with van der Waals surface area (Å²) in [5, 5.41) is 30.8. The summed E-state index contributed by atoms with van der Waals surface area (Å²) in [4.78, 5) is 15.8. The number of nitrogens with zero attached hydrogens (tertiary/aromatic N) is 1. The van der Waals surface area contributed by atoms with Gasteiger partial charge >= 0.3 is 0 Å². The number of rotatable bonds is 7. The molecular formula is C35H27NO7. The van der Waals surface area contributed by atoms with Crippen molar-refractivity contribution in [1.29, 1.82) is 0 Å². The predicted octanol–water partition coefficient (Wildman–Crippen LogP) is 7.73. The van der Waals surface area contributed by atoms with Crippen LogP contribution in [0.4, 0.5) is 17.1 Å². The molecule has 0 aliphatic carbocycles. The molecule has 8 nitrogen and oxygen atoms in total. The van der Waals surface area contributed by atoms with Crippen molar-refractivity contribution < 1.29 is 29.2 Å². The predicted molar refractivity (Wildman–Crippen MR) is 166 cm³/mol. The van der Waals surface area contributed by atoms with Gasteiger partial charge < -0.3 is 34.1 Å². The van der Waals surface area contributed by atoms with Crippen LogP contribution in [0.25, 0.3) is 33.4 Å². The number of ether oxygens (including phenoxy) is 2. The topological polar surface area (TPSA) is 113 Å². The highest BCUT2D eigenvalue weighted by molar-refractivity contribution is 6.01. The maximum Gasteiger partial charge on any atom is 0.239 e. The number of benzene rings is 5. The number of hydrogen-bond donors (Lipinski definition) is 3. The van der Waals surface area contributed by atoms with E-state index in [1.165, 1.54) is 38.5 Å². The fraction of sp³-hybridized carbons (Fsp3) is 0.0571. The largest absolute Gasteiger partial charge is 0.507 e. The number of para-hydroxylation sites is 2. The van der Waals surface area contributed by atoms with Gasteiger partial charge in [0.1, 0.15) is 16.9 Å². The molecule has 214 valence electrons. The molecule has 0 spiro atoms. The second kappa shape index (κ2) is 11.2. The van der Waals surface area contributed by atoms with Crippen LogP contribution >= 0.6 is 0 Å². The molecule has 0 unspecified atom stereocenters. The number of anilines is 3. The van der Waals surface area contributed by atoms with Gasteiger partial charge in [0, 0.05) is 28.7 Å². The number of methoxy groups -OCH3 is 2. The molecule has 43 heavy (non-hydrogen) atoms. The fourth-order valence-corrected chi connectivity index (χ4v) is 5.16. The number of fused-ring (bicyclic) bond motifs is 1. The summed E-state index contributed by atoms with van der Waals surface area (Å²) in [5.41, 5.74) is 3.71. The Balaban J connectivity index is 1.57. The lowest BCUT2D eigenvalue weighted by Gasteiger charge is -2.25. The molecule has 0 atom stereocenters. The van der Waals surface area contributed by atoms with Crippen molar-refractivity contribution in [3.63, 3.8) is 0 Å². The van der Waals surface area contributed by atoms with Crippen LogP contribution < -0.4 is 19.8 Å². The normalized spacial score (nSPS) is 10.9. The van der Waals surface area contributed by atoms with Gasteiger partial charge in [-0.15, -0.1) is 0 Å². The van der Waals surface area contributed by atoms with Crippen molar-refractivity contribution in [2.45, 2.75) is 0 Å². The van der Waals surface area contributed by atoms with E-state index < -0.39 is 11.2 Å². The highest BCUT2D eigenvalue weighted by Crippen LogP contribution is 2.45. The number of hydrogen-bond acceptors (Lipinski definition) is 8. The van der Waals surface area contributed by atoms with Gasteiger partial charge in [0.25, 0.3) is 0 Å². The maximum absolute atomic E-state index is 13.7. The van der Waals surface area contributed by atoms with Crippen molar-refractivity contribution in [3.05, 3.63) is 119 Å². The lowest BCUT2D eigenvalue weighted by atomic mass is 9.99. The summed E-state index contributed by atoms with van der Waals surface area (Å²) in [6, 6.07) is 33.1. The second-order valence-corrected chi connectivity index (χ2v) is 9.73. The van der Waals surface area contributed by atoms with Gasteiger partial charge in [-0.05, 0) is 60.2 Å². The van der Waals surface area contributed by atoms with E-state index in [0.717, 1.165) is 17.1 Å². The fourth-order valence-electron chi connectivity index (χ4n) is 5.16. The van der Waals surface area contributed by atoms with Crippen LogP contribution in [-0.2, 0) is 0 Å². The SMILES string of the molecule is COc1cc(O)c2c(=O)c(OC)c(-c3ccc(O)c(O)c3)oc2c1-c1ccc(N(c2ccccc2)c2ccccc2)cc1. The first-order valence-electron chi connectivity index (χ1n) is 13.4. The molecule has 0 saturated carbocycles. The molecule has 6 rings (SSSR count). The first kappa shape index (κ1) is 27.3. The summed E-state index contributed by atoms with van der Waals surface area (Å²) in [6.07, 6.45) is 0. The Hall–Kier alpha value is -5.89. The minimum Gasteiger partial charge on any atom is -0.507 e. The zero-order valence-electron chi connectivity index (χ0n) is 23.3. The third kappa shape index (κ3) is 4.85. The Labute approximate surface area is 246 Å². The average molecular weight is 574 g/mol. The van der Waals surface area contributed by atoms with Crippen molar-refractivity contribution in [3.8, 4) is 51.2 Å². The van der Waals surface area contributed by atoms with Crippen molar-refractivity contribution >= 4 is 28.0 Å². The van der Waals surface area contributed by atoms with E-state index in [9.17, 15) is 20.1 Å². The third-order valence-electron chi connectivity index (χ3n) is 7.17. The number of phenols is 3. The number of aromatic hydroxyl groups is 3. The molecule has 6 aromatic rings. The van der Waals surface area contributed by atoms with Crippen LogP contribution in [0.15, 0.2) is 118 Å². The Bertz CT molecular complexity index is 1950. The van der Waals surface area contributed by atoms with E-state index in [0.29, 0.717) is 11.1 Å². The van der Waals surface area contributed by atoms with Crippen LogP contribution in [0.1, 0.15) is 0 Å². The summed E-state index contributed by atoms with van der Waals surface area (Å²) < 4.78 is 17.3. The van der Waals surface area contributed by atoms with Crippen LogP contribution in [0.3, 0.4) is 0 Å². The van der Waals surface area contributed by atoms with Gasteiger partial charge in [0.15, 0.2) is 22.8 Å². The highest BCUT2D eigenvalue weighted by atomic mass is 16.5. The smallest absolute Gasteiger partial charge is 0.239 e. The van der Waals surface area contributed by atoms with Gasteiger partial charge in [0.05, 0.1) is 19.8 Å². The molecule has 0 saturated heterocycles. The Kier molecular flexibility index (Phi) is 7.09. The molecule has 0 radical (unpaired) electrons. The molecule has 0 amide bonds. The molecule has 8 heteroatoms. The van der Waals surface area contributed by atoms with Crippen molar-refractivity contribution in [2.24, 2.45) is 0 Å². The Morgan fingerprint density at radius 1 is 0.628 bits per heavy atom. The number of phenolic OH excluding ortho intramolecular Hbond substituents is 3. The molecule has 0 fully saturated rings. The zero-order chi connectivity index (χ0) is 30.1. The van der Waals surface area contributed by atoms with E-state index in [4.69, 9.17) is 13.9 Å². The lowest BCUT2D eigenvalue weighted by Crippen LogP contribution is -2.10. The van der Waals surface area contributed by atoms with Gasteiger partial charge in [-0.2, -0.15) is 0 Å². The summed E-state index contributed by atoms with van der Waals surface area (Å²) in [7, 11) is 2.78. The highest BCUT2D eigenvalue weighted by Gasteiger charge is 2.25. The summed E-state index contributed by atoms with van der Waals surface area (Å²) in [5.74, 6) is -0.924. The van der Waals surface area contributed by atoms with Crippen molar-refractivity contribution in [1.82, 2.24) is 0 Å². The molecule has 3 N–H and O–H groups in total. The van der Waals surface area contributed by atoms with E-state index in [1.54, 1.807) is 0 Å². The van der Waals surface area contributed by atoms with Gasteiger partial charge in [0.2, 0.25) is 11.2 Å². The monoisotopic (exact) mass is 573 g/mol. The lowest BCUT2D eigenvalue weighted by molar-refractivity contribution is 0.394. The zero-order valence-corrected chi connectivity index (χ0v) is 23.3. The first-order valence-corrected chi connectivity index (χ1v) is 13.4. The molecule has 5 aromatic carbocycles. The minimum absolute atomic E-state index is 0.0140. The summed E-state index contributed by atoms with van der Waals surface area (Å²) >= 11 is 0. The van der Waals surface area contributed by atoms with E-state index >= 15 is 0 Å². The third-order valence-corrected chi connectivity index (χ3v) is 7.17. The van der Waals surface area contributed by atoms with Crippen molar-refractivity contribution in [2.75, 3.05) is 19.1 Å². The Morgan fingerprint density at radius 3 is 1.77 bits per heavy atom. The molecule has 1 heterocycles. The van der Waals surface area contributed by atoms with Crippen LogP contribution in [0, 0.1) is 0 Å². The minimum atomic E-state index is -0.608. The molecule has 0 bridgehead atoms. The van der Waals surface area contributed by atoms with Gasteiger partial charge in [-0.25, -0.2) is 0 Å². The molecule has 0 aliphatic rings. The Morgan fingerprint density at radius 2 is 1.21 bits per heavy atom. The van der Waals surface area contributed by atoms with Crippen LogP contribution in [0.2, 0.25) is 0 Å². The van der Waals surface area contributed by atoms with Gasteiger partial charge in [-0.1, -0.05) is 48.5 Å². The summed E-state index contributed by atoms with van der Waals surface area (Å²) in [6.45, 7) is 0. The van der Waals surface area contributed by atoms with E-state index in [2.05, 4.69) is 4.90 Å². The average Bonchev–Trinajstić information content (AvgIpc) is 3.03. The maximum atomic E-state index is 13.7. The van der Waals surface area contributed by atoms with E-state index in [-0.39, 0.29) is 45.3 Å². The van der Waals surface area contributed by atoms with Gasteiger partial charge in [-0.3, -0.25) is 4.79 Å². The molecule has 1 aromatic heterocycles. The van der Waals surface area contributed by atoms with Crippen LogP contribution in [0.5, 0.6) is 28.7 Å². The second-order valence-electron chi connectivity index (χ2n) is 9.73. The first-order chi connectivity index (χ1) is 20.9. The molecule has 0 aliphatic heterocycles. The standard InChI is InChI=1S/C35H27NO7/c1-41-29-20-28(39)31-32(40)35(42-2)33(22-15-18-26(37)27(38)19-22)43-34(31)30(29)21-13-16-25(17-14-21)36(23-9-5-3-6-10-23)24-11-7-4-8-12-24/h3-20,37-39H,1-2H3.